The van der Waals surface area contributed by atoms with Crippen LogP contribution >= 0.6 is 0 Å². The maximum atomic E-state index is 11.6. The van der Waals surface area contributed by atoms with Crippen molar-refractivity contribution >= 4 is 5.97 Å². The average molecular weight is 282 g/mol. The van der Waals surface area contributed by atoms with Crippen LogP contribution in [0.5, 0.6) is 0 Å². The van der Waals surface area contributed by atoms with Gasteiger partial charge in [-0.1, -0.05) is 6.92 Å². The van der Waals surface area contributed by atoms with Gasteiger partial charge in [0.15, 0.2) is 0 Å². The number of aliphatic carboxylic acids is 1. The van der Waals surface area contributed by atoms with Crippen molar-refractivity contribution in [1.29, 1.82) is 0 Å². The Labute approximate surface area is 120 Å². The molecule has 1 aliphatic carbocycles. The number of hydrogen-bond donors (Lipinski definition) is 1. The van der Waals surface area contributed by atoms with E-state index < -0.39 is 5.97 Å². The third-order valence-corrected chi connectivity index (χ3v) is 5.68. The zero-order valence-electron chi connectivity index (χ0n) is 12.3. The van der Waals surface area contributed by atoms with E-state index in [1.165, 1.54) is 0 Å². The van der Waals surface area contributed by atoms with Crippen molar-refractivity contribution in [1.82, 2.24) is 0 Å². The fraction of sp³-hybridized carbons (Fsp3) is 0.938. The van der Waals surface area contributed by atoms with Gasteiger partial charge < -0.3 is 14.6 Å². The first-order chi connectivity index (χ1) is 9.60. The van der Waals surface area contributed by atoms with E-state index in [9.17, 15) is 9.90 Å². The lowest BCUT2D eigenvalue weighted by molar-refractivity contribution is -0.151. The Hall–Kier alpha value is -0.610. The Morgan fingerprint density at radius 1 is 1.25 bits per heavy atom. The lowest BCUT2D eigenvalue weighted by atomic mass is 9.65. The van der Waals surface area contributed by atoms with Crippen molar-refractivity contribution in [3.63, 3.8) is 0 Å². The molecule has 0 aromatic heterocycles. The normalized spacial score (nSPS) is 45.6. The summed E-state index contributed by atoms with van der Waals surface area (Å²) in [4.78, 5) is 11.6. The highest BCUT2D eigenvalue weighted by Crippen LogP contribution is 2.46. The summed E-state index contributed by atoms with van der Waals surface area (Å²) in [6, 6.07) is 0. The predicted molar refractivity (Wildman–Crippen MR) is 74.5 cm³/mol. The molecule has 4 nitrogen and oxygen atoms in total. The molecular formula is C16H26O4. The standard InChI is InChI=1S/C16H26O4/c1-11-2-3-13(15(17)18)14(8-11)12-4-6-20-16(9-12)5-7-19-10-16/h11-14H,2-10H2,1H3,(H,17,18). The second-order valence-corrected chi connectivity index (χ2v) is 7.11. The molecule has 3 aliphatic rings. The first kappa shape index (κ1) is 14.3. The zero-order valence-corrected chi connectivity index (χ0v) is 12.3. The monoisotopic (exact) mass is 282 g/mol. The molecule has 20 heavy (non-hydrogen) atoms. The fourth-order valence-electron chi connectivity index (χ4n) is 4.55. The fourth-order valence-corrected chi connectivity index (χ4v) is 4.55. The average Bonchev–Trinajstić information content (AvgIpc) is 2.86. The maximum Gasteiger partial charge on any atom is 0.306 e. The number of carboxylic acid groups (broad SMARTS) is 1. The van der Waals surface area contributed by atoms with Crippen LogP contribution in [0.25, 0.3) is 0 Å². The molecule has 1 N–H and O–H groups in total. The molecule has 1 spiro atoms. The van der Waals surface area contributed by atoms with Gasteiger partial charge in [0, 0.05) is 19.6 Å². The van der Waals surface area contributed by atoms with Gasteiger partial charge in [-0.05, 0) is 49.9 Å². The van der Waals surface area contributed by atoms with Gasteiger partial charge in [0.05, 0.1) is 18.1 Å². The van der Waals surface area contributed by atoms with Gasteiger partial charge in [0.2, 0.25) is 0 Å². The minimum Gasteiger partial charge on any atom is -0.481 e. The molecule has 114 valence electrons. The number of carbonyl (C=O) groups is 1. The van der Waals surface area contributed by atoms with Gasteiger partial charge in [-0.15, -0.1) is 0 Å². The largest absolute Gasteiger partial charge is 0.481 e. The van der Waals surface area contributed by atoms with Crippen molar-refractivity contribution < 1.29 is 19.4 Å². The van der Waals surface area contributed by atoms with Crippen LogP contribution in [0.3, 0.4) is 0 Å². The van der Waals surface area contributed by atoms with E-state index in [1.54, 1.807) is 0 Å². The van der Waals surface area contributed by atoms with Gasteiger partial charge in [0.1, 0.15) is 0 Å². The van der Waals surface area contributed by atoms with Crippen LogP contribution in [0.4, 0.5) is 0 Å². The van der Waals surface area contributed by atoms with Crippen molar-refractivity contribution in [3.8, 4) is 0 Å². The minimum atomic E-state index is -0.592. The summed E-state index contributed by atoms with van der Waals surface area (Å²) in [7, 11) is 0. The first-order valence-corrected chi connectivity index (χ1v) is 8.04. The quantitative estimate of drug-likeness (QED) is 0.846. The minimum absolute atomic E-state index is 0.105. The third kappa shape index (κ3) is 2.73. The summed E-state index contributed by atoms with van der Waals surface area (Å²) in [5.74, 6) is 0.750. The van der Waals surface area contributed by atoms with E-state index in [2.05, 4.69) is 6.92 Å². The third-order valence-electron chi connectivity index (χ3n) is 5.68. The van der Waals surface area contributed by atoms with Crippen LogP contribution in [0.15, 0.2) is 0 Å². The van der Waals surface area contributed by atoms with Gasteiger partial charge in [-0.3, -0.25) is 4.79 Å². The van der Waals surface area contributed by atoms with E-state index in [0.717, 1.165) is 51.7 Å². The van der Waals surface area contributed by atoms with Crippen LogP contribution in [0.2, 0.25) is 0 Å². The summed E-state index contributed by atoms with van der Waals surface area (Å²) in [6.45, 7) is 4.52. The summed E-state index contributed by atoms with van der Waals surface area (Å²) in [6.07, 6.45) is 5.96. The van der Waals surface area contributed by atoms with E-state index in [4.69, 9.17) is 9.47 Å². The van der Waals surface area contributed by atoms with E-state index in [-0.39, 0.29) is 11.5 Å². The summed E-state index contributed by atoms with van der Waals surface area (Å²) in [5, 5.41) is 9.53. The predicted octanol–water partition coefficient (Wildman–Crippen LogP) is 2.71. The topological polar surface area (TPSA) is 55.8 Å². The van der Waals surface area contributed by atoms with Crippen molar-refractivity contribution in [2.45, 2.75) is 51.0 Å². The van der Waals surface area contributed by atoms with Crippen LogP contribution < -0.4 is 0 Å². The molecule has 3 fully saturated rings. The van der Waals surface area contributed by atoms with E-state index in [0.29, 0.717) is 24.4 Å². The van der Waals surface area contributed by atoms with Gasteiger partial charge in [-0.25, -0.2) is 0 Å². The SMILES string of the molecule is CC1CCC(C(=O)O)C(C2CCOC3(CCOC3)C2)C1. The second-order valence-electron chi connectivity index (χ2n) is 7.11. The summed E-state index contributed by atoms with van der Waals surface area (Å²) in [5.41, 5.74) is -0.105. The molecule has 2 heterocycles. The number of carboxylic acids is 1. The zero-order chi connectivity index (χ0) is 14.2. The molecule has 3 rings (SSSR count). The molecule has 0 bridgehead atoms. The molecule has 4 heteroatoms. The Balaban J connectivity index is 1.73. The highest BCUT2D eigenvalue weighted by molar-refractivity contribution is 5.70. The van der Waals surface area contributed by atoms with Crippen LogP contribution in [0.1, 0.15) is 45.4 Å². The molecule has 2 aliphatic heterocycles. The Kier molecular flexibility index (Phi) is 4.04. The molecule has 1 saturated carbocycles. The molecule has 0 radical (unpaired) electrons. The number of hydrogen-bond acceptors (Lipinski definition) is 3. The van der Waals surface area contributed by atoms with Crippen molar-refractivity contribution in [2.24, 2.45) is 23.7 Å². The highest BCUT2D eigenvalue weighted by Gasteiger charge is 2.46. The molecule has 5 atom stereocenters. The van der Waals surface area contributed by atoms with Crippen LogP contribution in [0, 0.1) is 23.7 Å². The number of ether oxygens (including phenoxy) is 2. The maximum absolute atomic E-state index is 11.6. The van der Waals surface area contributed by atoms with Crippen LogP contribution in [-0.2, 0) is 14.3 Å². The van der Waals surface area contributed by atoms with Crippen molar-refractivity contribution in [3.05, 3.63) is 0 Å². The highest BCUT2D eigenvalue weighted by atomic mass is 16.6. The first-order valence-electron chi connectivity index (χ1n) is 8.04. The number of rotatable bonds is 2. The van der Waals surface area contributed by atoms with Gasteiger partial charge in [-0.2, -0.15) is 0 Å². The summed E-state index contributed by atoms with van der Waals surface area (Å²) < 4.78 is 11.5. The second kappa shape index (κ2) is 5.64. The molecule has 2 saturated heterocycles. The van der Waals surface area contributed by atoms with E-state index in [1.807, 2.05) is 0 Å². The summed E-state index contributed by atoms with van der Waals surface area (Å²) >= 11 is 0. The molecule has 5 unspecified atom stereocenters. The Bertz CT molecular complexity index is 361. The van der Waals surface area contributed by atoms with Crippen LogP contribution in [-0.4, -0.2) is 36.5 Å². The van der Waals surface area contributed by atoms with Gasteiger partial charge in [0.25, 0.3) is 0 Å². The smallest absolute Gasteiger partial charge is 0.306 e. The lowest BCUT2D eigenvalue weighted by Gasteiger charge is -2.44. The molecule has 0 aromatic carbocycles. The van der Waals surface area contributed by atoms with E-state index >= 15 is 0 Å². The molecular weight excluding hydrogens is 256 g/mol. The Morgan fingerprint density at radius 2 is 2.10 bits per heavy atom. The van der Waals surface area contributed by atoms with Crippen molar-refractivity contribution in [2.75, 3.05) is 19.8 Å². The molecule has 0 aromatic rings. The lowest BCUT2D eigenvalue weighted by Crippen LogP contribution is -2.45. The molecule has 0 amide bonds. The Morgan fingerprint density at radius 3 is 2.80 bits per heavy atom. The van der Waals surface area contributed by atoms with Gasteiger partial charge >= 0.3 is 5.97 Å².